The number of benzene rings is 2. The number of methoxy groups -OCH3 is 3. The van der Waals surface area contributed by atoms with Gasteiger partial charge in [0.1, 0.15) is 11.4 Å². The Morgan fingerprint density at radius 3 is 2.10 bits per heavy atom. The Balaban J connectivity index is 2.39. The number of hydrogen-bond donors (Lipinski definition) is 1. The van der Waals surface area contributed by atoms with Crippen molar-refractivity contribution in [3.05, 3.63) is 42.0 Å². The number of nitrogens with zero attached hydrogens (tertiary/aromatic N) is 1. The van der Waals surface area contributed by atoms with E-state index in [2.05, 4.69) is 4.99 Å². The first-order chi connectivity index (χ1) is 10.2. The van der Waals surface area contributed by atoms with Crippen molar-refractivity contribution >= 4 is 11.9 Å². The molecule has 2 aromatic carbocycles. The third kappa shape index (κ3) is 3.25. The molecule has 0 aliphatic rings. The average molecular weight is 287 g/mol. The predicted molar refractivity (Wildman–Crippen MR) is 81.5 cm³/mol. The van der Waals surface area contributed by atoms with Crippen LogP contribution < -0.4 is 14.2 Å². The Hall–Kier alpha value is -2.69. The molecule has 0 unspecified atom stereocenters. The van der Waals surface area contributed by atoms with Crippen LogP contribution in [0.4, 0.5) is 5.69 Å². The van der Waals surface area contributed by atoms with Gasteiger partial charge in [0.2, 0.25) is 5.75 Å². The molecular weight excluding hydrogens is 270 g/mol. The highest BCUT2D eigenvalue weighted by Gasteiger charge is 2.12. The second-order valence-electron chi connectivity index (χ2n) is 4.21. The highest BCUT2D eigenvalue weighted by molar-refractivity contribution is 5.85. The maximum absolute atomic E-state index is 9.69. The smallest absolute Gasteiger partial charge is 0.203 e. The zero-order chi connectivity index (χ0) is 15.2. The Bertz CT molecular complexity index is 627. The van der Waals surface area contributed by atoms with Crippen LogP contribution in [0, 0.1) is 0 Å². The van der Waals surface area contributed by atoms with Crippen molar-refractivity contribution < 1.29 is 19.3 Å². The van der Waals surface area contributed by atoms with E-state index in [4.69, 9.17) is 14.2 Å². The van der Waals surface area contributed by atoms with E-state index < -0.39 is 0 Å². The fraction of sp³-hybridized carbons (Fsp3) is 0.188. The lowest BCUT2D eigenvalue weighted by atomic mass is 10.2. The molecule has 5 nitrogen and oxygen atoms in total. The van der Waals surface area contributed by atoms with Crippen molar-refractivity contribution in [1.82, 2.24) is 0 Å². The van der Waals surface area contributed by atoms with Gasteiger partial charge >= 0.3 is 0 Å². The molecule has 0 aromatic heterocycles. The SMILES string of the molecule is COc1cc(C=Nc2ccccc2O)cc(OC)c1OC. The number of aliphatic imine (C=N–C) groups is 1. The second kappa shape index (κ2) is 6.65. The number of phenolic OH excluding ortho intramolecular Hbond substituents is 1. The first kappa shape index (κ1) is 14.7. The lowest BCUT2D eigenvalue weighted by Gasteiger charge is -2.12. The summed E-state index contributed by atoms with van der Waals surface area (Å²) in [4.78, 5) is 4.26. The molecule has 0 aliphatic heterocycles. The molecular formula is C16H17NO4. The number of hydrogen-bond acceptors (Lipinski definition) is 5. The summed E-state index contributed by atoms with van der Waals surface area (Å²) in [5.74, 6) is 1.76. The minimum absolute atomic E-state index is 0.126. The number of aromatic hydroxyl groups is 1. The van der Waals surface area contributed by atoms with E-state index >= 15 is 0 Å². The van der Waals surface area contributed by atoms with Crippen LogP contribution in [0.3, 0.4) is 0 Å². The number of ether oxygens (including phenoxy) is 3. The van der Waals surface area contributed by atoms with Crippen molar-refractivity contribution in [3.63, 3.8) is 0 Å². The van der Waals surface area contributed by atoms with Crippen LogP contribution in [-0.2, 0) is 0 Å². The van der Waals surface area contributed by atoms with Gasteiger partial charge in [-0.25, -0.2) is 0 Å². The molecule has 0 fully saturated rings. The van der Waals surface area contributed by atoms with Crippen LogP contribution in [-0.4, -0.2) is 32.7 Å². The summed E-state index contributed by atoms with van der Waals surface area (Å²) in [6.07, 6.45) is 1.62. The molecule has 0 atom stereocenters. The highest BCUT2D eigenvalue weighted by Crippen LogP contribution is 2.38. The number of phenols is 1. The van der Waals surface area contributed by atoms with Crippen LogP contribution in [0.25, 0.3) is 0 Å². The maximum Gasteiger partial charge on any atom is 0.203 e. The van der Waals surface area contributed by atoms with Crippen LogP contribution in [0.1, 0.15) is 5.56 Å². The van der Waals surface area contributed by atoms with Gasteiger partial charge in [-0.15, -0.1) is 0 Å². The molecule has 0 spiro atoms. The van der Waals surface area contributed by atoms with Gasteiger partial charge in [0.05, 0.1) is 21.3 Å². The van der Waals surface area contributed by atoms with Crippen LogP contribution >= 0.6 is 0 Å². The summed E-state index contributed by atoms with van der Waals surface area (Å²) in [5, 5.41) is 9.69. The van der Waals surface area contributed by atoms with Crippen LogP contribution in [0.5, 0.6) is 23.0 Å². The molecule has 110 valence electrons. The molecule has 0 saturated heterocycles. The monoisotopic (exact) mass is 287 g/mol. The summed E-state index contributed by atoms with van der Waals surface area (Å²) in [6, 6.07) is 10.4. The lowest BCUT2D eigenvalue weighted by Crippen LogP contribution is -1.96. The summed E-state index contributed by atoms with van der Waals surface area (Å²) in [7, 11) is 4.67. The summed E-state index contributed by atoms with van der Waals surface area (Å²) in [6.45, 7) is 0. The Labute approximate surface area is 123 Å². The molecule has 2 aromatic rings. The van der Waals surface area contributed by atoms with E-state index in [9.17, 15) is 5.11 Å². The molecule has 2 rings (SSSR count). The Kier molecular flexibility index (Phi) is 4.66. The van der Waals surface area contributed by atoms with Gasteiger partial charge in [0.25, 0.3) is 0 Å². The van der Waals surface area contributed by atoms with Crippen molar-refractivity contribution in [1.29, 1.82) is 0 Å². The predicted octanol–water partition coefficient (Wildman–Crippen LogP) is 3.17. The standard InChI is InChI=1S/C16H17NO4/c1-19-14-8-11(9-15(20-2)16(14)21-3)10-17-12-6-4-5-7-13(12)18/h4-10,18H,1-3H3. The normalized spacial score (nSPS) is 10.6. The first-order valence-corrected chi connectivity index (χ1v) is 6.31. The Morgan fingerprint density at radius 2 is 1.57 bits per heavy atom. The van der Waals surface area contributed by atoms with Crippen molar-refractivity contribution in [2.24, 2.45) is 4.99 Å². The maximum atomic E-state index is 9.69. The third-order valence-electron chi connectivity index (χ3n) is 2.92. The van der Waals surface area contributed by atoms with Crippen molar-refractivity contribution in [3.8, 4) is 23.0 Å². The quantitative estimate of drug-likeness (QED) is 0.858. The van der Waals surface area contributed by atoms with Gasteiger partial charge in [-0.2, -0.15) is 0 Å². The molecule has 1 N–H and O–H groups in total. The number of rotatable bonds is 5. The zero-order valence-corrected chi connectivity index (χ0v) is 12.2. The van der Waals surface area contributed by atoms with E-state index in [-0.39, 0.29) is 5.75 Å². The minimum Gasteiger partial charge on any atom is -0.506 e. The van der Waals surface area contributed by atoms with Gasteiger partial charge < -0.3 is 19.3 Å². The van der Waals surface area contributed by atoms with Gasteiger partial charge in [-0.1, -0.05) is 12.1 Å². The largest absolute Gasteiger partial charge is 0.506 e. The van der Waals surface area contributed by atoms with E-state index in [0.717, 1.165) is 5.56 Å². The van der Waals surface area contributed by atoms with E-state index in [0.29, 0.717) is 22.9 Å². The molecule has 0 heterocycles. The summed E-state index contributed by atoms with van der Waals surface area (Å²) in [5.41, 5.74) is 1.26. The van der Waals surface area contributed by atoms with Gasteiger partial charge in [-0.3, -0.25) is 4.99 Å². The fourth-order valence-electron chi connectivity index (χ4n) is 1.89. The van der Waals surface area contributed by atoms with Crippen LogP contribution in [0.2, 0.25) is 0 Å². The first-order valence-electron chi connectivity index (χ1n) is 6.31. The Morgan fingerprint density at radius 1 is 0.952 bits per heavy atom. The molecule has 21 heavy (non-hydrogen) atoms. The summed E-state index contributed by atoms with van der Waals surface area (Å²) < 4.78 is 15.8. The minimum atomic E-state index is 0.126. The van der Waals surface area contributed by atoms with Gasteiger partial charge in [0, 0.05) is 11.8 Å². The van der Waals surface area contributed by atoms with Crippen molar-refractivity contribution in [2.75, 3.05) is 21.3 Å². The molecule has 0 amide bonds. The second-order valence-corrected chi connectivity index (χ2v) is 4.21. The zero-order valence-electron chi connectivity index (χ0n) is 12.2. The van der Waals surface area contributed by atoms with E-state index in [1.165, 1.54) is 0 Å². The highest BCUT2D eigenvalue weighted by atomic mass is 16.5. The average Bonchev–Trinajstić information content (AvgIpc) is 2.52. The molecule has 0 saturated carbocycles. The van der Waals surface area contributed by atoms with Crippen molar-refractivity contribution in [2.45, 2.75) is 0 Å². The molecule has 5 heteroatoms. The number of para-hydroxylation sites is 2. The van der Waals surface area contributed by atoms with Gasteiger partial charge in [0.15, 0.2) is 11.5 Å². The van der Waals surface area contributed by atoms with Crippen LogP contribution in [0.15, 0.2) is 41.4 Å². The molecule has 0 aliphatic carbocycles. The molecule has 0 radical (unpaired) electrons. The topological polar surface area (TPSA) is 60.3 Å². The lowest BCUT2D eigenvalue weighted by molar-refractivity contribution is 0.324. The fourth-order valence-corrected chi connectivity index (χ4v) is 1.89. The van der Waals surface area contributed by atoms with E-state index in [1.807, 2.05) is 6.07 Å². The van der Waals surface area contributed by atoms with E-state index in [1.54, 1.807) is 57.9 Å². The third-order valence-corrected chi connectivity index (χ3v) is 2.92. The summed E-state index contributed by atoms with van der Waals surface area (Å²) >= 11 is 0. The molecule has 0 bridgehead atoms. The van der Waals surface area contributed by atoms with Gasteiger partial charge in [-0.05, 0) is 24.3 Å².